The standard InChI is InChI=1S/C6H8O5S2.C5H8O5.CS2.CH4/c7-4(8)2-1-3(5(9)10)11-6(12)13;6-3(5(9)10)1-2-4(7)8;2-1-3;/h3H,1-2H2,(H,7,8)(H,9,10)(H,12,13);3,6H,1-2H2,(H,7,8)(H,9,10);;1H4. The molecule has 27 heavy (non-hydrogen) atoms. The molecule has 0 aliphatic rings. The van der Waals surface area contributed by atoms with Crippen molar-refractivity contribution in [1.82, 2.24) is 0 Å². The van der Waals surface area contributed by atoms with Gasteiger partial charge in [-0.05, 0) is 43.1 Å². The second kappa shape index (κ2) is 20.6. The molecule has 0 fully saturated rings. The van der Waals surface area contributed by atoms with Gasteiger partial charge >= 0.3 is 23.9 Å². The Kier molecular flexibility index (Phi) is 25.1. The van der Waals surface area contributed by atoms with Gasteiger partial charge in [0.25, 0.3) is 0 Å². The molecule has 0 radical (unpaired) electrons. The normalized spacial score (nSPS) is 10.6. The van der Waals surface area contributed by atoms with Crippen molar-refractivity contribution in [1.29, 1.82) is 0 Å². The van der Waals surface area contributed by atoms with Gasteiger partial charge in [0, 0.05) is 23.6 Å². The molecule has 0 amide bonds. The van der Waals surface area contributed by atoms with Gasteiger partial charge in [0.2, 0.25) is 4.38 Å². The van der Waals surface area contributed by atoms with Gasteiger partial charge in [-0.25, -0.2) is 9.59 Å². The van der Waals surface area contributed by atoms with Gasteiger partial charge in [-0.1, -0.05) is 20.1 Å². The van der Waals surface area contributed by atoms with Crippen LogP contribution in [0.1, 0.15) is 33.1 Å². The molecule has 0 rings (SSSR count). The average Bonchev–Trinajstić information content (AvgIpc) is 2.49. The van der Waals surface area contributed by atoms with Crippen molar-refractivity contribution in [2.75, 3.05) is 0 Å². The predicted molar refractivity (Wildman–Crippen MR) is 108 cm³/mol. The second-order valence-electron chi connectivity index (χ2n) is 4.01. The van der Waals surface area contributed by atoms with Gasteiger partial charge in [-0.3, -0.25) is 9.59 Å². The molecule has 0 saturated carbocycles. The Balaban J connectivity index is -0.000000169. The topological polar surface area (TPSA) is 179 Å². The summed E-state index contributed by atoms with van der Waals surface area (Å²) in [5.41, 5.74) is 0. The van der Waals surface area contributed by atoms with Crippen LogP contribution >= 0.6 is 49.3 Å². The molecule has 0 spiro atoms. The van der Waals surface area contributed by atoms with Crippen LogP contribution in [0.5, 0.6) is 0 Å². The number of carboxylic acid groups (broad SMARTS) is 4. The van der Waals surface area contributed by atoms with E-state index in [2.05, 4.69) is 54.0 Å². The van der Waals surface area contributed by atoms with Gasteiger partial charge < -0.3 is 30.3 Å². The lowest BCUT2D eigenvalue weighted by Gasteiger charge is -2.11. The average molecular weight is 465 g/mol. The molecule has 0 heterocycles. The van der Waals surface area contributed by atoms with E-state index < -0.39 is 36.1 Å². The third-order valence-electron chi connectivity index (χ3n) is 2.06. The smallest absolute Gasteiger partial charge is 0.344 e. The summed E-state index contributed by atoms with van der Waals surface area (Å²) in [4.78, 5) is 40.2. The van der Waals surface area contributed by atoms with E-state index in [4.69, 9.17) is 25.5 Å². The van der Waals surface area contributed by atoms with E-state index in [1.807, 2.05) is 4.31 Å². The van der Waals surface area contributed by atoms with E-state index in [1.165, 1.54) is 0 Å². The number of ether oxygens (including phenoxy) is 1. The molecule has 0 aromatic carbocycles. The Morgan fingerprint density at radius 3 is 1.56 bits per heavy atom. The van der Waals surface area contributed by atoms with Crippen molar-refractivity contribution < 1.29 is 49.4 Å². The fourth-order valence-corrected chi connectivity index (χ4v) is 1.24. The minimum absolute atomic E-state index is 0. The third-order valence-corrected chi connectivity index (χ3v) is 2.26. The SMILES string of the molecule is C.O=C(O)CCC(O)C(=O)O.O=C(O)CCC(OC(=S)S)C(=O)O.S=C=S. The molecule has 5 N–H and O–H groups in total. The van der Waals surface area contributed by atoms with Crippen molar-refractivity contribution in [3.8, 4) is 0 Å². The van der Waals surface area contributed by atoms with Gasteiger partial charge in [-0.15, -0.1) is 0 Å². The highest BCUT2D eigenvalue weighted by atomic mass is 32.1. The number of carboxylic acids is 4. The number of thiocarbonyl (C=S) groups is 3. The van der Waals surface area contributed by atoms with Crippen LogP contribution in [-0.4, -0.2) is 70.3 Å². The molecule has 156 valence electrons. The van der Waals surface area contributed by atoms with Crippen LogP contribution in [0.2, 0.25) is 0 Å². The summed E-state index contributed by atoms with van der Waals surface area (Å²) in [6, 6.07) is 0. The number of carbonyl (C=O) groups is 4. The fourth-order valence-electron chi connectivity index (χ4n) is 0.993. The molecule has 2 atom stereocenters. The molecule has 0 bridgehead atoms. The first-order chi connectivity index (χ1) is 11.9. The van der Waals surface area contributed by atoms with Crippen LogP contribution < -0.4 is 0 Å². The maximum atomic E-state index is 10.4. The highest BCUT2D eigenvalue weighted by Gasteiger charge is 2.20. The minimum Gasteiger partial charge on any atom is -0.481 e. The van der Waals surface area contributed by atoms with Gasteiger partial charge in [0.05, 0.1) is 0 Å². The molecule has 2 unspecified atom stereocenters. The maximum Gasteiger partial charge on any atom is 0.344 e. The van der Waals surface area contributed by atoms with Crippen LogP contribution in [0, 0.1) is 0 Å². The summed E-state index contributed by atoms with van der Waals surface area (Å²) < 4.78 is 6.30. The fraction of sp³-hybridized carbons (Fsp3) is 0.538. The Morgan fingerprint density at radius 2 is 1.30 bits per heavy atom. The predicted octanol–water partition coefficient (Wildman–Crippen LogP) is 1.49. The number of aliphatic hydroxyl groups excluding tert-OH is 1. The Labute approximate surface area is 176 Å². The molecule has 0 aliphatic heterocycles. The highest BCUT2D eigenvalue weighted by Crippen LogP contribution is 2.05. The lowest BCUT2D eigenvalue weighted by atomic mass is 10.2. The van der Waals surface area contributed by atoms with Crippen molar-refractivity contribution in [2.24, 2.45) is 0 Å². The van der Waals surface area contributed by atoms with Crippen molar-refractivity contribution in [3.05, 3.63) is 0 Å². The second-order valence-corrected chi connectivity index (χ2v) is 5.76. The molecule has 0 aromatic rings. The molecular weight excluding hydrogens is 444 g/mol. The number of aliphatic carboxylic acids is 4. The molecule has 0 saturated heterocycles. The van der Waals surface area contributed by atoms with E-state index in [0.29, 0.717) is 0 Å². The van der Waals surface area contributed by atoms with Crippen molar-refractivity contribution >= 4 is 81.9 Å². The van der Waals surface area contributed by atoms with Crippen LogP contribution in [0.4, 0.5) is 0 Å². The van der Waals surface area contributed by atoms with E-state index in [1.54, 1.807) is 0 Å². The number of hydrogen-bond donors (Lipinski definition) is 6. The lowest BCUT2D eigenvalue weighted by molar-refractivity contribution is -0.148. The van der Waals surface area contributed by atoms with Crippen molar-refractivity contribution in [2.45, 2.75) is 45.3 Å². The van der Waals surface area contributed by atoms with Gasteiger partial charge in [0.1, 0.15) is 0 Å². The number of aliphatic hydroxyl groups is 1. The Hall–Kier alpha value is -1.70. The molecule has 0 aliphatic carbocycles. The summed E-state index contributed by atoms with van der Waals surface area (Å²) in [7, 11) is 0. The molecule has 0 aromatic heterocycles. The largest absolute Gasteiger partial charge is 0.481 e. The van der Waals surface area contributed by atoms with Crippen LogP contribution in [0.3, 0.4) is 0 Å². The number of hydrogen-bond acceptors (Lipinski definition) is 9. The van der Waals surface area contributed by atoms with Crippen LogP contribution in [0.15, 0.2) is 0 Å². The highest BCUT2D eigenvalue weighted by molar-refractivity contribution is 8.10. The minimum atomic E-state index is -1.56. The molecular formula is C13H20O10S4. The van der Waals surface area contributed by atoms with E-state index in [-0.39, 0.29) is 37.5 Å². The molecule has 10 nitrogen and oxygen atoms in total. The number of thiol groups is 1. The summed E-state index contributed by atoms with van der Waals surface area (Å²) in [6.45, 7) is 0. The summed E-state index contributed by atoms with van der Waals surface area (Å²) >= 11 is 15.9. The van der Waals surface area contributed by atoms with Crippen molar-refractivity contribution in [3.63, 3.8) is 0 Å². The van der Waals surface area contributed by atoms with Gasteiger partial charge in [-0.2, -0.15) is 0 Å². The Morgan fingerprint density at radius 1 is 0.926 bits per heavy atom. The van der Waals surface area contributed by atoms with E-state index in [9.17, 15) is 19.2 Å². The quantitative estimate of drug-likeness (QED) is 0.214. The zero-order valence-electron chi connectivity index (χ0n) is 12.9. The molecule has 14 heteroatoms. The van der Waals surface area contributed by atoms with E-state index >= 15 is 0 Å². The lowest BCUT2D eigenvalue weighted by Crippen LogP contribution is -2.25. The van der Waals surface area contributed by atoms with Gasteiger partial charge in [0.15, 0.2) is 12.2 Å². The first kappa shape index (κ1) is 32.9. The maximum absolute atomic E-state index is 10.4. The zero-order chi connectivity index (χ0) is 21.3. The van der Waals surface area contributed by atoms with Crippen LogP contribution in [-0.2, 0) is 23.9 Å². The summed E-state index contributed by atoms with van der Waals surface area (Å²) in [5, 5.41) is 41.4. The monoisotopic (exact) mass is 464 g/mol. The summed E-state index contributed by atoms with van der Waals surface area (Å²) in [6.07, 6.45) is -3.78. The first-order valence-electron chi connectivity index (χ1n) is 6.35. The number of rotatable bonds is 9. The van der Waals surface area contributed by atoms with Crippen LogP contribution in [0.25, 0.3) is 0 Å². The third kappa shape index (κ3) is 29.3. The zero-order valence-corrected chi connectivity index (χ0v) is 16.3. The Bertz CT molecular complexity index is 531. The first-order valence-corrected chi connectivity index (χ1v) is 8.02. The van der Waals surface area contributed by atoms with E-state index in [0.717, 1.165) is 0 Å². The summed E-state index contributed by atoms with van der Waals surface area (Å²) in [5.74, 6) is -4.83.